The zero-order valence-electron chi connectivity index (χ0n) is 17.6. The van der Waals surface area contributed by atoms with Crippen LogP contribution in [0.25, 0.3) is 11.4 Å². The summed E-state index contributed by atoms with van der Waals surface area (Å²) in [5.41, 5.74) is 3.43. The summed E-state index contributed by atoms with van der Waals surface area (Å²) in [6.07, 6.45) is 1.29. The molecule has 0 radical (unpaired) electrons. The number of aromatic nitrogens is 3. The molecule has 0 saturated heterocycles. The van der Waals surface area contributed by atoms with Crippen molar-refractivity contribution in [3.05, 3.63) is 70.4 Å². The van der Waals surface area contributed by atoms with E-state index in [2.05, 4.69) is 19.2 Å². The van der Waals surface area contributed by atoms with Crippen LogP contribution in [-0.4, -0.2) is 27.7 Å². The van der Waals surface area contributed by atoms with Crippen LogP contribution in [0.2, 0.25) is 5.02 Å². The molecular formula is C24H23ClN4O2. The molecule has 3 aromatic rings. The van der Waals surface area contributed by atoms with Crippen LogP contribution in [0.4, 0.5) is 5.95 Å². The first kappa shape index (κ1) is 19.8. The minimum Gasteiger partial charge on any atom is -0.497 e. The highest BCUT2D eigenvalue weighted by Crippen LogP contribution is 2.45. The van der Waals surface area contributed by atoms with Crippen molar-refractivity contribution in [2.24, 2.45) is 5.41 Å². The van der Waals surface area contributed by atoms with Crippen LogP contribution in [0.1, 0.15) is 38.3 Å². The van der Waals surface area contributed by atoms with Crippen LogP contribution in [0.3, 0.4) is 0 Å². The highest BCUT2D eigenvalue weighted by molar-refractivity contribution is 6.30. The molecule has 5 rings (SSSR count). The Morgan fingerprint density at radius 1 is 1.10 bits per heavy atom. The van der Waals surface area contributed by atoms with E-state index in [0.29, 0.717) is 23.2 Å². The zero-order valence-corrected chi connectivity index (χ0v) is 18.4. The Bertz CT molecular complexity index is 1190. The van der Waals surface area contributed by atoms with Crippen LogP contribution in [0.5, 0.6) is 5.75 Å². The van der Waals surface area contributed by atoms with Crippen molar-refractivity contribution < 1.29 is 9.53 Å². The second-order valence-corrected chi connectivity index (χ2v) is 9.28. The van der Waals surface area contributed by atoms with Crippen molar-refractivity contribution in [3.8, 4) is 17.1 Å². The summed E-state index contributed by atoms with van der Waals surface area (Å²) < 4.78 is 7.07. The number of Topliss-reactive ketones (excluding diaryl/α,β-unsaturated/α-hetero) is 1. The van der Waals surface area contributed by atoms with Gasteiger partial charge in [-0.05, 0) is 53.8 Å². The van der Waals surface area contributed by atoms with Crippen LogP contribution in [0, 0.1) is 5.41 Å². The first-order chi connectivity index (χ1) is 14.8. The SMILES string of the molecule is COc1ccc(-c2nc3n(n2)C(c2ccc(Cl)cc2)C2=C(CC(C)(C)CC2=O)N3)cc1. The summed E-state index contributed by atoms with van der Waals surface area (Å²) in [5.74, 6) is 2.14. The van der Waals surface area contributed by atoms with Gasteiger partial charge in [0.2, 0.25) is 5.95 Å². The number of rotatable bonds is 3. The number of carbonyl (C=O) groups is 1. The van der Waals surface area contributed by atoms with Gasteiger partial charge in [0, 0.05) is 28.3 Å². The molecule has 2 aromatic carbocycles. The van der Waals surface area contributed by atoms with Crippen molar-refractivity contribution in [1.29, 1.82) is 0 Å². The van der Waals surface area contributed by atoms with Crippen molar-refractivity contribution in [1.82, 2.24) is 14.8 Å². The predicted octanol–water partition coefficient (Wildman–Crippen LogP) is 5.27. The van der Waals surface area contributed by atoms with E-state index in [0.717, 1.165) is 34.6 Å². The molecule has 0 fully saturated rings. The third-order valence-corrected chi connectivity index (χ3v) is 6.12. The molecule has 1 aliphatic carbocycles. The van der Waals surface area contributed by atoms with Gasteiger partial charge >= 0.3 is 0 Å². The summed E-state index contributed by atoms with van der Waals surface area (Å²) in [4.78, 5) is 18.0. The van der Waals surface area contributed by atoms with Gasteiger partial charge in [0.1, 0.15) is 11.8 Å². The number of hydrogen-bond donors (Lipinski definition) is 1. The van der Waals surface area contributed by atoms with Gasteiger partial charge in [-0.2, -0.15) is 4.98 Å². The van der Waals surface area contributed by atoms with E-state index in [4.69, 9.17) is 26.4 Å². The molecule has 0 spiro atoms. The molecule has 1 unspecified atom stereocenters. The molecule has 0 bridgehead atoms. The molecule has 0 saturated carbocycles. The van der Waals surface area contributed by atoms with Crippen LogP contribution < -0.4 is 10.1 Å². The molecule has 2 heterocycles. The van der Waals surface area contributed by atoms with E-state index in [9.17, 15) is 4.79 Å². The van der Waals surface area contributed by atoms with E-state index in [-0.39, 0.29) is 17.2 Å². The fourth-order valence-electron chi connectivity index (χ4n) is 4.42. The average molecular weight is 435 g/mol. The van der Waals surface area contributed by atoms with E-state index in [1.54, 1.807) is 7.11 Å². The Balaban J connectivity index is 1.64. The number of ketones is 1. The molecular weight excluding hydrogens is 412 g/mol. The molecule has 7 heteroatoms. The zero-order chi connectivity index (χ0) is 21.8. The van der Waals surface area contributed by atoms with Gasteiger partial charge in [-0.15, -0.1) is 5.10 Å². The molecule has 158 valence electrons. The summed E-state index contributed by atoms with van der Waals surface area (Å²) in [6.45, 7) is 4.24. The molecule has 0 amide bonds. The van der Waals surface area contributed by atoms with E-state index >= 15 is 0 Å². The number of benzene rings is 2. The minimum absolute atomic E-state index is 0.103. The Hall–Kier alpha value is -3.12. The molecule has 1 aliphatic heterocycles. The standard InChI is InChI=1S/C24H23ClN4O2/c1-24(2)12-18-20(19(30)13-24)21(14-4-8-16(25)9-5-14)29-23(26-18)27-22(28-29)15-6-10-17(31-3)11-7-15/h4-11,21H,12-13H2,1-3H3,(H,26,27,28). The lowest BCUT2D eigenvalue weighted by atomic mass is 9.73. The third-order valence-electron chi connectivity index (χ3n) is 5.87. The van der Waals surface area contributed by atoms with Gasteiger partial charge in [-0.3, -0.25) is 4.79 Å². The summed E-state index contributed by atoms with van der Waals surface area (Å²) in [7, 11) is 1.64. The Morgan fingerprint density at radius 2 is 1.81 bits per heavy atom. The first-order valence-electron chi connectivity index (χ1n) is 10.2. The summed E-state index contributed by atoms with van der Waals surface area (Å²) in [5, 5.41) is 8.86. The predicted molar refractivity (Wildman–Crippen MR) is 120 cm³/mol. The number of ether oxygens (including phenoxy) is 1. The van der Waals surface area contributed by atoms with Crippen molar-refractivity contribution in [2.75, 3.05) is 12.4 Å². The molecule has 2 aliphatic rings. The highest BCUT2D eigenvalue weighted by atomic mass is 35.5. The van der Waals surface area contributed by atoms with Gasteiger partial charge in [0.05, 0.1) is 7.11 Å². The second kappa shape index (κ2) is 7.24. The molecule has 1 atom stereocenters. The van der Waals surface area contributed by atoms with E-state index in [1.165, 1.54) is 0 Å². The highest BCUT2D eigenvalue weighted by Gasteiger charge is 2.41. The quantitative estimate of drug-likeness (QED) is 0.608. The molecule has 31 heavy (non-hydrogen) atoms. The fraction of sp³-hybridized carbons (Fsp3) is 0.292. The lowest BCUT2D eigenvalue weighted by Gasteiger charge is -2.38. The largest absolute Gasteiger partial charge is 0.497 e. The number of hydrogen-bond acceptors (Lipinski definition) is 5. The lowest BCUT2D eigenvalue weighted by molar-refractivity contribution is -0.118. The van der Waals surface area contributed by atoms with Gasteiger partial charge in [0.25, 0.3) is 0 Å². The van der Waals surface area contributed by atoms with Gasteiger partial charge in [0.15, 0.2) is 11.6 Å². The van der Waals surface area contributed by atoms with Crippen molar-refractivity contribution in [2.45, 2.75) is 32.7 Å². The molecule has 1 aromatic heterocycles. The maximum absolute atomic E-state index is 13.3. The van der Waals surface area contributed by atoms with Crippen molar-refractivity contribution >= 4 is 23.3 Å². The van der Waals surface area contributed by atoms with Crippen LogP contribution >= 0.6 is 11.6 Å². The summed E-state index contributed by atoms with van der Waals surface area (Å²) in [6, 6.07) is 14.9. The monoisotopic (exact) mass is 434 g/mol. The number of methoxy groups -OCH3 is 1. The number of anilines is 1. The fourth-order valence-corrected chi connectivity index (χ4v) is 4.55. The lowest BCUT2D eigenvalue weighted by Crippen LogP contribution is -2.36. The number of nitrogens with zero attached hydrogens (tertiary/aromatic N) is 3. The van der Waals surface area contributed by atoms with E-state index < -0.39 is 0 Å². The van der Waals surface area contributed by atoms with Gasteiger partial charge < -0.3 is 10.1 Å². The maximum Gasteiger partial charge on any atom is 0.226 e. The minimum atomic E-state index is -0.341. The van der Waals surface area contributed by atoms with E-state index in [1.807, 2.05) is 53.2 Å². The Kier molecular flexibility index (Phi) is 4.63. The molecule has 1 N–H and O–H groups in total. The number of fused-ring (bicyclic) bond motifs is 1. The van der Waals surface area contributed by atoms with Crippen LogP contribution in [-0.2, 0) is 4.79 Å². The maximum atomic E-state index is 13.3. The Morgan fingerprint density at radius 3 is 2.48 bits per heavy atom. The molecule has 6 nitrogen and oxygen atoms in total. The van der Waals surface area contributed by atoms with Gasteiger partial charge in [-0.25, -0.2) is 4.68 Å². The second-order valence-electron chi connectivity index (χ2n) is 8.84. The van der Waals surface area contributed by atoms with Crippen molar-refractivity contribution in [3.63, 3.8) is 0 Å². The topological polar surface area (TPSA) is 69.0 Å². The summed E-state index contributed by atoms with van der Waals surface area (Å²) >= 11 is 6.13. The number of nitrogens with one attached hydrogen (secondary N) is 1. The van der Waals surface area contributed by atoms with Crippen LogP contribution in [0.15, 0.2) is 59.8 Å². The number of allylic oxidation sites excluding steroid dienone is 2. The Labute approximate surface area is 185 Å². The first-order valence-corrected chi connectivity index (χ1v) is 10.6. The number of carbonyl (C=O) groups excluding carboxylic acids is 1. The number of halogens is 1. The normalized spacial score (nSPS) is 19.5. The average Bonchev–Trinajstić information content (AvgIpc) is 3.16. The van der Waals surface area contributed by atoms with Gasteiger partial charge in [-0.1, -0.05) is 37.6 Å². The smallest absolute Gasteiger partial charge is 0.226 e. The third kappa shape index (κ3) is 3.51.